The van der Waals surface area contributed by atoms with E-state index in [1.165, 1.54) is 12.8 Å². The van der Waals surface area contributed by atoms with Crippen LogP contribution in [0.15, 0.2) is 12.4 Å². The largest absolute Gasteiger partial charge is 0.386 e. The Bertz CT molecular complexity index is 212. The van der Waals surface area contributed by atoms with Crippen LogP contribution in [-0.4, -0.2) is 12.3 Å². The monoisotopic (exact) mass is 226 g/mol. The van der Waals surface area contributed by atoms with E-state index >= 15 is 0 Å². The van der Waals surface area contributed by atoms with Gasteiger partial charge in [0.2, 0.25) is 0 Å². The number of unbranched alkanes of at least 4 members (excludes halogenated alkanes) is 4. The number of carbonyl (C=O) groups is 1. The van der Waals surface area contributed by atoms with Crippen LogP contribution in [0.2, 0.25) is 0 Å². The van der Waals surface area contributed by atoms with Crippen molar-refractivity contribution in [1.82, 2.24) is 5.32 Å². The van der Waals surface area contributed by atoms with Crippen LogP contribution in [0.5, 0.6) is 0 Å². The summed E-state index contributed by atoms with van der Waals surface area (Å²) in [7, 11) is 0. The van der Waals surface area contributed by atoms with Crippen LogP contribution in [-0.2, 0) is 4.79 Å². The number of nitrogens with one attached hydrogen (secondary N) is 1. The van der Waals surface area contributed by atoms with Gasteiger partial charge in [0.15, 0.2) is 0 Å². The average Bonchev–Trinajstić information content (AvgIpc) is 2.21. The van der Waals surface area contributed by atoms with Crippen molar-refractivity contribution in [1.29, 1.82) is 0 Å². The van der Waals surface area contributed by atoms with Crippen molar-refractivity contribution in [2.24, 2.45) is 11.7 Å². The zero-order valence-corrected chi connectivity index (χ0v) is 10.7. The molecule has 0 heterocycles. The summed E-state index contributed by atoms with van der Waals surface area (Å²) in [4.78, 5) is 11.3. The SMILES string of the molecule is C=C(N)NCCCCCCCC(=O)C(C)C. The maximum atomic E-state index is 11.3. The smallest absolute Gasteiger partial charge is 0.135 e. The molecule has 3 heteroatoms. The van der Waals surface area contributed by atoms with Gasteiger partial charge < -0.3 is 11.1 Å². The Morgan fingerprint density at radius 2 is 1.75 bits per heavy atom. The maximum absolute atomic E-state index is 11.3. The predicted octanol–water partition coefficient (Wildman–Crippen LogP) is 2.57. The first kappa shape index (κ1) is 15.0. The zero-order valence-electron chi connectivity index (χ0n) is 10.7. The second-order valence-corrected chi connectivity index (χ2v) is 4.59. The van der Waals surface area contributed by atoms with E-state index in [-0.39, 0.29) is 5.92 Å². The third-order valence-corrected chi connectivity index (χ3v) is 2.60. The molecule has 0 aliphatic rings. The molecule has 0 bridgehead atoms. The van der Waals surface area contributed by atoms with Crippen LogP contribution in [0.3, 0.4) is 0 Å². The molecule has 0 aliphatic heterocycles. The first-order valence-corrected chi connectivity index (χ1v) is 6.25. The summed E-state index contributed by atoms with van der Waals surface area (Å²) in [6.07, 6.45) is 6.44. The van der Waals surface area contributed by atoms with E-state index in [4.69, 9.17) is 5.73 Å². The van der Waals surface area contributed by atoms with E-state index < -0.39 is 0 Å². The molecular formula is C13H26N2O. The van der Waals surface area contributed by atoms with E-state index in [2.05, 4.69) is 11.9 Å². The second kappa shape index (κ2) is 9.25. The van der Waals surface area contributed by atoms with Crippen LogP contribution in [0.1, 0.15) is 52.4 Å². The molecule has 0 aromatic heterocycles. The van der Waals surface area contributed by atoms with E-state index in [1.807, 2.05) is 13.8 Å². The standard InChI is InChI=1S/C13H26N2O/c1-11(2)13(16)9-7-5-4-6-8-10-15-12(3)14/h11,15H,3-10,14H2,1-2H3. The quantitative estimate of drug-likeness (QED) is 0.563. The van der Waals surface area contributed by atoms with Gasteiger partial charge in [-0.3, -0.25) is 4.79 Å². The molecule has 0 aromatic rings. The van der Waals surface area contributed by atoms with Crippen LogP contribution < -0.4 is 11.1 Å². The van der Waals surface area contributed by atoms with Crippen molar-refractivity contribution in [3.05, 3.63) is 12.4 Å². The Morgan fingerprint density at radius 1 is 1.19 bits per heavy atom. The minimum absolute atomic E-state index is 0.194. The van der Waals surface area contributed by atoms with Gasteiger partial charge in [-0.25, -0.2) is 0 Å². The van der Waals surface area contributed by atoms with Gasteiger partial charge in [0.05, 0.1) is 5.82 Å². The molecule has 16 heavy (non-hydrogen) atoms. The van der Waals surface area contributed by atoms with Gasteiger partial charge in [-0.15, -0.1) is 0 Å². The lowest BCUT2D eigenvalue weighted by Crippen LogP contribution is -2.19. The van der Waals surface area contributed by atoms with E-state index in [1.54, 1.807) is 0 Å². The number of Topliss-reactive ketones (excluding diaryl/α,β-unsaturated/α-hetero) is 1. The number of hydrogen-bond acceptors (Lipinski definition) is 3. The first-order chi connectivity index (χ1) is 7.54. The number of rotatable bonds is 10. The Labute approximate surface area is 99.5 Å². The molecule has 0 amide bonds. The molecule has 0 rings (SSSR count). The third kappa shape index (κ3) is 9.56. The highest BCUT2D eigenvalue weighted by Crippen LogP contribution is 2.08. The van der Waals surface area contributed by atoms with Gasteiger partial charge in [0.1, 0.15) is 5.78 Å². The molecule has 0 saturated heterocycles. The lowest BCUT2D eigenvalue weighted by Gasteiger charge is -2.05. The summed E-state index contributed by atoms with van der Waals surface area (Å²) in [5, 5.41) is 3.00. The highest BCUT2D eigenvalue weighted by molar-refractivity contribution is 5.80. The predicted molar refractivity (Wildman–Crippen MR) is 68.9 cm³/mol. The van der Waals surface area contributed by atoms with Gasteiger partial charge in [0, 0.05) is 18.9 Å². The highest BCUT2D eigenvalue weighted by Gasteiger charge is 2.05. The maximum Gasteiger partial charge on any atom is 0.135 e. The minimum atomic E-state index is 0.194. The van der Waals surface area contributed by atoms with Crippen LogP contribution in [0.4, 0.5) is 0 Å². The normalized spacial score (nSPS) is 10.4. The number of nitrogens with two attached hydrogens (primary N) is 1. The fraction of sp³-hybridized carbons (Fsp3) is 0.769. The first-order valence-electron chi connectivity index (χ1n) is 6.25. The second-order valence-electron chi connectivity index (χ2n) is 4.59. The minimum Gasteiger partial charge on any atom is -0.386 e. The van der Waals surface area contributed by atoms with Gasteiger partial charge in [-0.1, -0.05) is 39.7 Å². The van der Waals surface area contributed by atoms with Gasteiger partial charge in [-0.05, 0) is 12.8 Å². The highest BCUT2D eigenvalue weighted by atomic mass is 16.1. The van der Waals surface area contributed by atoms with Crippen LogP contribution in [0.25, 0.3) is 0 Å². The van der Waals surface area contributed by atoms with Gasteiger partial charge in [0.25, 0.3) is 0 Å². The average molecular weight is 226 g/mol. The molecule has 0 unspecified atom stereocenters. The number of hydrogen-bond donors (Lipinski definition) is 2. The van der Waals surface area contributed by atoms with Gasteiger partial charge >= 0.3 is 0 Å². The van der Waals surface area contributed by atoms with Crippen molar-refractivity contribution in [2.45, 2.75) is 52.4 Å². The Kier molecular flexibility index (Phi) is 8.68. The van der Waals surface area contributed by atoms with Crippen LogP contribution in [0, 0.1) is 5.92 Å². The fourth-order valence-corrected chi connectivity index (χ4v) is 1.49. The molecule has 0 aromatic carbocycles. The Balaban J connectivity index is 3.16. The van der Waals surface area contributed by atoms with Crippen molar-refractivity contribution in [3.63, 3.8) is 0 Å². The lowest BCUT2D eigenvalue weighted by molar-refractivity contribution is -0.122. The number of ketones is 1. The molecule has 0 saturated carbocycles. The summed E-state index contributed by atoms with van der Waals surface area (Å²) in [6.45, 7) is 8.40. The van der Waals surface area contributed by atoms with E-state index in [9.17, 15) is 4.79 Å². The third-order valence-electron chi connectivity index (χ3n) is 2.60. The van der Waals surface area contributed by atoms with Gasteiger partial charge in [-0.2, -0.15) is 0 Å². The van der Waals surface area contributed by atoms with Crippen molar-refractivity contribution in [2.75, 3.05) is 6.54 Å². The summed E-state index contributed by atoms with van der Waals surface area (Å²) in [5.41, 5.74) is 5.37. The molecule has 3 N–H and O–H groups in total. The summed E-state index contributed by atoms with van der Waals surface area (Å²) in [6, 6.07) is 0. The summed E-state index contributed by atoms with van der Waals surface area (Å²) < 4.78 is 0. The Morgan fingerprint density at radius 3 is 2.31 bits per heavy atom. The zero-order chi connectivity index (χ0) is 12.4. The molecule has 0 spiro atoms. The fourth-order valence-electron chi connectivity index (χ4n) is 1.49. The molecule has 0 fully saturated rings. The number of carbonyl (C=O) groups excluding carboxylic acids is 1. The topological polar surface area (TPSA) is 55.1 Å². The molecular weight excluding hydrogens is 200 g/mol. The van der Waals surface area contributed by atoms with E-state index in [0.29, 0.717) is 11.6 Å². The molecule has 0 atom stereocenters. The van der Waals surface area contributed by atoms with Crippen molar-refractivity contribution < 1.29 is 4.79 Å². The molecule has 0 aliphatic carbocycles. The lowest BCUT2D eigenvalue weighted by atomic mass is 10.0. The van der Waals surface area contributed by atoms with Crippen molar-refractivity contribution in [3.8, 4) is 0 Å². The molecule has 3 nitrogen and oxygen atoms in total. The van der Waals surface area contributed by atoms with Crippen LogP contribution >= 0.6 is 0 Å². The van der Waals surface area contributed by atoms with E-state index in [0.717, 1.165) is 32.2 Å². The summed E-state index contributed by atoms with van der Waals surface area (Å²) >= 11 is 0. The van der Waals surface area contributed by atoms with Crippen molar-refractivity contribution >= 4 is 5.78 Å². The molecule has 0 radical (unpaired) electrons. The Hall–Kier alpha value is -0.990. The molecule has 94 valence electrons. The summed E-state index contributed by atoms with van der Waals surface area (Å²) in [5.74, 6) is 1.13.